The van der Waals surface area contributed by atoms with E-state index in [1.807, 2.05) is 4.90 Å². The third-order valence-corrected chi connectivity index (χ3v) is 3.37. The monoisotopic (exact) mass is 242 g/mol. The second-order valence-corrected chi connectivity index (χ2v) is 4.82. The summed E-state index contributed by atoms with van der Waals surface area (Å²) >= 11 is 1.75. The highest BCUT2D eigenvalue weighted by atomic mass is 32.2. The number of likely N-dealkylation sites (tertiary alicyclic amines) is 1. The van der Waals surface area contributed by atoms with Crippen LogP contribution in [0.4, 0.5) is 0 Å². The van der Waals surface area contributed by atoms with E-state index in [1.165, 1.54) is 6.08 Å². The molecule has 90 valence electrons. The summed E-state index contributed by atoms with van der Waals surface area (Å²) in [7, 11) is 0. The number of hydrogen-bond donors (Lipinski definition) is 1. The summed E-state index contributed by atoms with van der Waals surface area (Å²) < 4.78 is 0. The molecule has 2 amide bonds. The Labute approximate surface area is 100 Å². The summed E-state index contributed by atoms with van der Waals surface area (Å²) in [6.07, 6.45) is 2.98. The Kier molecular flexibility index (Phi) is 6.00. The van der Waals surface area contributed by atoms with Gasteiger partial charge in [-0.25, -0.2) is 0 Å². The van der Waals surface area contributed by atoms with Gasteiger partial charge in [0.15, 0.2) is 0 Å². The first kappa shape index (κ1) is 13.1. The first-order chi connectivity index (χ1) is 7.74. The number of carbonyl (C=O) groups excluding carboxylic acids is 2. The van der Waals surface area contributed by atoms with Gasteiger partial charge in [0.25, 0.3) is 0 Å². The van der Waals surface area contributed by atoms with Crippen LogP contribution < -0.4 is 5.32 Å². The van der Waals surface area contributed by atoms with Gasteiger partial charge >= 0.3 is 0 Å². The standard InChI is InChI=1S/C11H18N2O2S/c1-2-10(14)12-5-8-16-9-7-13-6-3-4-11(13)15/h2H,1,3-9H2,(H,12,14). The van der Waals surface area contributed by atoms with Gasteiger partial charge in [0.05, 0.1) is 0 Å². The van der Waals surface area contributed by atoms with E-state index in [0.29, 0.717) is 13.0 Å². The number of thioether (sulfide) groups is 1. The zero-order chi connectivity index (χ0) is 11.8. The molecule has 5 heteroatoms. The highest BCUT2D eigenvalue weighted by Crippen LogP contribution is 2.10. The molecular weight excluding hydrogens is 224 g/mol. The second kappa shape index (κ2) is 7.33. The molecule has 1 rings (SSSR count). The molecule has 0 bridgehead atoms. The molecular formula is C11H18N2O2S. The Morgan fingerprint density at radius 2 is 2.38 bits per heavy atom. The minimum Gasteiger partial charge on any atom is -0.352 e. The van der Waals surface area contributed by atoms with Gasteiger partial charge in [0, 0.05) is 37.6 Å². The maximum absolute atomic E-state index is 11.3. The van der Waals surface area contributed by atoms with Gasteiger partial charge in [-0.05, 0) is 12.5 Å². The second-order valence-electron chi connectivity index (χ2n) is 3.59. The molecule has 0 aromatic heterocycles. The molecule has 0 spiro atoms. The van der Waals surface area contributed by atoms with E-state index in [-0.39, 0.29) is 11.8 Å². The highest BCUT2D eigenvalue weighted by molar-refractivity contribution is 7.99. The van der Waals surface area contributed by atoms with Crippen LogP contribution in [0, 0.1) is 0 Å². The van der Waals surface area contributed by atoms with Gasteiger partial charge in [-0.15, -0.1) is 0 Å². The zero-order valence-corrected chi connectivity index (χ0v) is 10.2. The molecule has 0 aromatic carbocycles. The average molecular weight is 242 g/mol. The van der Waals surface area contributed by atoms with Gasteiger partial charge < -0.3 is 10.2 Å². The van der Waals surface area contributed by atoms with Crippen molar-refractivity contribution in [3.05, 3.63) is 12.7 Å². The summed E-state index contributed by atoms with van der Waals surface area (Å²) in [5.74, 6) is 1.97. The molecule has 1 saturated heterocycles. The molecule has 4 nitrogen and oxygen atoms in total. The molecule has 1 aliphatic rings. The molecule has 1 aliphatic heterocycles. The fourth-order valence-corrected chi connectivity index (χ4v) is 2.34. The van der Waals surface area contributed by atoms with Crippen LogP contribution in [0.1, 0.15) is 12.8 Å². The minimum atomic E-state index is -0.129. The molecule has 0 atom stereocenters. The van der Waals surface area contributed by atoms with Crippen LogP contribution in [0.3, 0.4) is 0 Å². The normalized spacial score (nSPS) is 15.2. The van der Waals surface area contributed by atoms with Crippen molar-refractivity contribution in [3.63, 3.8) is 0 Å². The number of nitrogens with one attached hydrogen (secondary N) is 1. The van der Waals surface area contributed by atoms with Crippen molar-refractivity contribution in [1.29, 1.82) is 0 Å². The van der Waals surface area contributed by atoms with E-state index in [1.54, 1.807) is 11.8 Å². The average Bonchev–Trinajstić information content (AvgIpc) is 2.69. The lowest BCUT2D eigenvalue weighted by Gasteiger charge is -2.14. The van der Waals surface area contributed by atoms with Crippen LogP contribution in [-0.4, -0.2) is 47.9 Å². The molecule has 0 radical (unpaired) electrons. The molecule has 0 aliphatic carbocycles. The Morgan fingerprint density at radius 3 is 3.00 bits per heavy atom. The van der Waals surface area contributed by atoms with Crippen molar-refractivity contribution in [2.45, 2.75) is 12.8 Å². The van der Waals surface area contributed by atoms with Crippen LogP contribution in [0.25, 0.3) is 0 Å². The fraction of sp³-hybridized carbons (Fsp3) is 0.636. The van der Waals surface area contributed by atoms with Crippen molar-refractivity contribution < 1.29 is 9.59 Å². The summed E-state index contributed by atoms with van der Waals surface area (Å²) in [6, 6.07) is 0. The molecule has 1 fully saturated rings. The third kappa shape index (κ3) is 4.70. The number of carbonyl (C=O) groups is 2. The van der Waals surface area contributed by atoms with Crippen LogP contribution in [0.15, 0.2) is 12.7 Å². The number of rotatable bonds is 7. The lowest BCUT2D eigenvalue weighted by molar-refractivity contribution is -0.127. The minimum absolute atomic E-state index is 0.129. The Morgan fingerprint density at radius 1 is 1.56 bits per heavy atom. The molecule has 1 N–H and O–H groups in total. The van der Waals surface area contributed by atoms with Gasteiger partial charge in [-0.1, -0.05) is 6.58 Å². The maximum Gasteiger partial charge on any atom is 0.243 e. The smallest absolute Gasteiger partial charge is 0.243 e. The molecule has 0 aromatic rings. The molecule has 0 unspecified atom stereocenters. The van der Waals surface area contributed by atoms with E-state index in [0.717, 1.165) is 31.0 Å². The first-order valence-corrected chi connectivity index (χ1v) is 6.65. The van der Waals surface area contributed by atoms with E-state index in [9.17, 15) is 9.59 Å². The number of amides is 2. The lowest BCUT2D eigenvalue weighted by atomic mass is 10.4. The summed E-state index contributed by atoms with van der Waals surface area (Å²) in [6.45, 7) is 5.77. The van der Waals surface area contributed by atoms with Gasteiger partial charge in [0.2, 0.25) is 11.8 Å². The SMILES string of the molecule is C=CC(=O)NCCSCCN1CCCC1=O. The van der Waals surface area contributed by atoms with Crippen molar-refractivity contribution in [3.8, 4) is 0 Å². The molecule has 0 saturated carbocycles. The van der Waals surface area contributed by atoms with Crippen molar-refractivity contribution in [2.75, 3.05) is 31.1 Å². The van der Waals surface area contributed by atoms with Crippen LogP contribution in [0.5, 0.6) is 0 Å². The van der Waals surface area contributed by atoms with Crippen molar-refractivity contribution in [1.82, 2.24) is 10.2 Å². The number of nitrogens with zero attached hydrogens (tertiary/aromatic N) is 1. The molecule has 16 heavy (non-hydrogen) atoms. The Hall–Kier alpha value is -0.970. The van der Waals surface area contributed by atoms with Crippen molar-refractivity contribution >= 4 is 23.6 Å². The van der Waals surface area contributed by atoms with E-state index >= 15 is 0 Å². The maximum atomic E-state index is 11.3. The quantitative estimate of drug-likeness (QED) is 0.526. The van der Waals surface area contributed by atoms with Crippen LogP contribution in [0.2, 0.25) is 0 Å². The highest BCUT2D eigenvalue weighted by Gasteiger charge is 2.18. The van der Waals surface area contributed by atoms with E-state index in [4.69, 9.17) is 0 Å². The fourth-order valence-electron chi connectivity index (χ4n) is 1.54. The van der Waals surface area contributed by atoms with Gasteiger partial charge in [0.1, 0.15) is 0 Å². The zero-order valence-electron chi connectivity index (χ0n) is 9.41. The van der Waals surface area contributed by atoms with Gasteiger partial charge in [-0.3, -0.25) is 9.59 Å². The van der Waals surface area contributed by atoms with Crippen LogP contribution >= 0.6 is 11.8 Å². The predicted octanol–water partition coefficient (Wildman–Crippen LogP) is 0.644. The summed E-state index contributed by atoms with van der Waals surface area (Å²) in [5, 5.41) is 2.71. The lowest BCUT2D eigenvalue weighted by Crippen LogP contribution is -2.27. The molecule has 1 heterocycles. The number of hydrogen-bond acceptors (Lipinski definition) is 3. The Bertz CT molecular complexity index is 269. The first-order valence-electron chi connectivity index (χ1n) is 5.50. The Balaban J connectivity index is 1.93. The van der Waals surface area contributed by atoms with Gasteiger partial charge in [-0.2, -0.15) is 11.8 Å². The summed E-state index contributed by atoms with van der Waals surface area (Å²) in [5.41, 5.74) is 0. The summed E-state index contributed by atoms with van der Waals surface area (Å²) in [4.78, 5) is 24.0. The topological polar surface area (TPSA) is 49.4 Å². The predicted molar refractivity (Wildman–Crippen MR) is 66.3 cm³/mol. The van der Waals surface area contributed by atoms with E-state index < -0.39 is 0 Å². The van der Waals surface area contributed by atoms with Crippen LogP contribution in [-0.2, 0) is 9.59 Å². The van der Waals surface area contributed by atoms with E-state index in [2.05, 4.69) is 11.9 Å². The van der Waals surface area contributed by atoms with Crippen molar-refractivity contribution in [2.24, 2.45) is 0 Å². The third-order valence-electron chi connectivity index (χ3n) is 2.41. The largest absolute Gasteiger partial charge is 0.352 e.